The van der Waals surface area contributed by atoms with Crippen LogP contribution in [0.15, 0.2) is 0 Å². The van der Waals surface area contributed by atoms with Gasteiger partial charge in [-0.15, -0.1) is 0 Å². The fourth-order valence-corrected chi connectivity index (χ4v) is 13.5. The second-order valence-corrected chi connectivity index (χ2v) is 18.7. The third-order valence-electron chi connectivity index (χ3n) is 3.45. The van der Waals surface area contributed by atoms with Crippen molar-refractivity contribution in [3.63, 3.8) is 0 Å². The average molecular weight is 295 g/mol. The summed E-state index contributed by atoms with van der Waals surface area (Å²) in [6.07, 6.45) is 0. The highest BCUT2D eigenvalue weighted by molar-refractivity contribution is 6.85. The molecular weight excluding hydrogens is 264 g/mol. The summed E-state index contributed by atoms with van der Waals surface area (Å²) in [5.41, 5.74) is 0. The molecule has 0 aromatic rings. The molecule has 3 nitrogen and oxygen atoms in total. The fraction of sp³-hybridized carbons (Fsp3) is 1.00. The normalized spacial score (nSPS) is 14.1. The molecule has 17 heavy (non-hydrogen) atoms. The molecule has 0 saturated carbocycles. The van der Waals surface area contributed by atoms with Crippen molar-refractivity contribution in [2.45, 2.75) is 57.8 Å². The molecule has 0 N–H and O–H groups in total. The fourth-order valence-electron chi connectivity index (χ4n) is 1.69. The first-order valence-electron chi connectivity index (χ1n) is 6.40. The van der Waals surface area contributed by atoms with Gasteiger partial charge in [-0.3, -0.25) is 0 Å². The van der Waals surface area contributed by atoms with Crippen LogP contribution in [0.4, 0.5) is 0 Å². The molecule has 0 saturated heterocycles. The Kier molecular flexibility index (Phi) is 6.83. The van der Waals surface area contributed by atoms with Crippen molar-refractivity contribution in [1.29, 1.82) is 0 Å². The molecule has 0 aliphatic rings. The topological polar surface area (TPSA) is 27.7 Å². The molecule has 0 aliphatic heterocycles. The minimum absolute atomic E-state index is 1.04. The Hall–Kier alpha value is 0.531. The first kappa shape index (κ1) is 17.5. The molecule has 0 fully saturated rings. The highest BCUT2D eigenvalue weighted by atomic mass is 28.4. The second kappa shape index (κ2) is 6.63. The van der Waals surface area contributed by atoms with Crippen LogP contribution in [0.1, 0.15) is 6.92 Å². The standard InChI is InChI=1S/C11H30O3Si3/c1-9-15(4,5)14-16(6,7)10-11-17(8,12-2)13-3/h9-11H2,1-8H3. The maximum atomic E-state index is 6.45. The lowest BCUT2D eigenvalue weighted by Gasteiger charge is -2.35. The maximum Gasteiger partial charge on any atom is 0.334 e. The van der Waals surface area contributed by atoms with Gasteiger partial charge in [0.2, 0.25) is 0 Å². The lowest BCUT2D eigenvalue weighted by Crippen LogP contribution is -2.46. The molecule has 0 radical (unpaired) electrons. The van der Waals surface area contributed by atoms with E-state index in [4.69, 9.17) is 13.0 Å². The molecule has 0 aliphatic carbocycles. The first-order valence-corrected chi connectivity index (χ1v) is 15.2. The van der Waals surface area contributed by atoms with Crippen LogP contribution in [0.25, 0.3) is 0 Å². The van der Waals surface area contributed by atoms with Crippen LogP contribution in [0.2, 0.25) is 50.9 Å². The molecule has 104 valence electrons. The Labute approximate surface area is 110 Å². The van der Waals surface area contributed by atoms with Crippen LogP contribution in [0.5, 0.6) is 0 Å². The van der Waals surface area contributed by atoms with Gasteiger partial charge in [0.25, 0.3) is 0 Å². The SMILES string of the molecule is CC[Si](C)(C)O[Si](C)(C)CC[Si](C)(OC)OC. The average Bonchev–Trinajstić information content (AvgIpc) is 2.25. The molecule has 0 rings (SSSR count). The van der Waals surface area contributed by atoms with Crippen molar-refractivity contribution in [2.75, 3.05) is 14.2 Å². The Morgan fingerprint density at radius 3 is 1.59 bits per heavy atom. The van der Waals surface area contributed by atoms with Crippen molar-refractivity contribution in [1.82, 2.24) is 0 Å². The molecule has 0 unspecified atom stereocenters. The van der Waals surface area contributed by atoms with E-state index in [0.29, 0.717) is 0 Å². The minimum Gasteiger partial charge on any atom is -0.456 e. The summed E-state index contributed by atoms with van der Waals surface area (Å²) in [5, 5.41) is 0. The lowest BCUT2D eigenvalue weighted by molar-refractivity contribution is 0.250. The van der Waals surface area contributed by atoms with Gasteiger partial charge in [0, 0.05) is 14.2 Å². The van der Waals surface area contributed by atoms with Crippen molar-refractivity contribution < 1.29 is 13.0 Å². The molecule has 0 bridgehead atoms. The Morgan fingerprint density at radius 2 is 1.24 bits per heavy atom. The van der Waals surface area contributed by atoms with Gasteiger partial charge in [-0.1, -0.05) is 6.92 Å². The summed E-state index contributed by atoms with van der Waals surface area (Å²) in [4.78, 5) is 0. The predicted molar refractivity (Wildman–Crippen MR) is 81.8 cm³/mol. The first-order chi connectivity index (χ1) is 7.60. The monoisotopic (exact) mass is 294 g/mol. The van der Waals surface area contributed by atoms with Crippen LogP contribution in [-0.4, -0.2) is 39.4 Å². The zero-order chi connectivity index (χ0) is 13.7. The van der Waals surface area contributed by atoms with Gasteiger partial charge in [0.15, 0.2) is 16.6 Å². The van der Waals surface area contributed by atoms with Crippen molar-refractivity contribution in [2.24, 2.45) is 0 Å². The van der Waals surface area contributed by atoms with E-state index >= 15 is 0 Å². The van der Waals surface area contributed by atoms with Crippen LogP contribution < -0.4 is 0 Å². The van der Waals surface area contributed by atoms with E-state index in [1.807, 2.05) is 0 Å². The zero-order valence-electron chi connectivity index (χ0n) is 12.8. The third-order valence-corrected chi connectivity index (χ3v) is 14.4. The summed E-state index contributed by atoms with van der Waals surface area (Å²) >= 11 is 0. The van der Waals surface area contributed by atoms with Crippen molar-refractivity contribution in [3.8, 4) is 0 Å². The van der Waals surface area contributed by atoms with Crippen molar-refractivity contribution in [3.05, 3.63) is 0 Å². The molecule has 0 heterocycles. The van der Waals surface area contributed by atoms with Gasteiger partial charge in [-0.05, 0) is 50.9 Å². The van der Waals surface area contributed by atoms with Gasteiger partial charge in [-0.25, -0.2) is 0 Å². The Bertz CT molecular complexity index is 228. The van der Waals surface area contributed by atoms with E-state index in [1.54, 1.807) is 14.2 Å². The van der Waals surface area contributed by atoms with E-state index in [2.05, 4.69) is 39.7 Å². The smallest absolute Gasteiger partial charge is 0.334 e. The third kappa shape index (κ3) is 6.88. The molecule has 0 spiro atoms. The van der Waals surface area contributed by atoms with Crippen LogP contribution >= 0.6 is 0 Å². The summed E-state index contributed by atoms with van der Waals surface area (Å²) in [7, 11) is -1.40. The highest BCUT2D eigenvalue weighted by Crippen LogP contribution is 2.26. The van der Waals surface area contributed by atoms with Crippen molar-refractivity contribution >= 4 is 25.2 Å². The molecule has 6 heteroatoms. The van der Waals surface area contributed by atoms with Crippen LogP contribution in [0, 0.1) is 0 Å². The van der Waals surface area contributed by atoms with Gasteiger partial charge in [0.05, 0.1) is 0 Å². The van der Waals surface area contributed by atoms with E-state index in [9.17, 15) is 0 Å². The maximum absolute atomic E-state index is 6.45. The molecule has 0 amide bonds. The predicted octanol–water partition coefficient (Wildman–Crippen LogP) is 3.80. The zero-order valence-corrected chi connectivity index (χ0v) is 15.8. The largest absolute Gasteiger partial charge is 0.456 e. The van der Waals surface area contributed by atoms with Crippen LogP contribution in [0.3, 0.4) is 0 Å². The van der Waals surface area contributed by atoms with Gasteiger partial charge in [0.1, 0.15) is 0 Å². The van der Waals surface area contributed by atoms with E-state index in [1.165, 1.54) is 6.04 Å². The summed E-state index contributed by atoms with van der Waals surface area (Å²) in [6, 6.07) is 3.36. The lowest BCUT2D eigenvalue weighted by atomic mass is 10.9. The summed E-state index contributed by atoms with van der Waals surface area (Å²) in [5.74, 6) is 0. The molecule has 0 aromatic carbocycles. The van der Waals surface area contributed by atoms with Gasteiger partial charge in [-0.2, -0.15) is 0 Å². The number of hydrogen-bond donors (Lipinski definition) is 0. The van der Waals surface area contributed by atoms with E-state index in [0.717, 1.165) is 12.1 Å². The Balaban J connectivity index is 4.36. The molecular formula is C11H30O3Si3. The number of hydrogen-bond acceptors (Lipinski definition) is 3. The number of rotatable bonds is 8. The molecule has 0 atom stereocenters. The quantitative estimate of drug-likeness (QED) is 0.637. The second-order valence-electron chi connectivity index (χ2n) is 6.02. The Morgan fingerprint density at radius 1 is 0.765 bits per heavy atom. The van der Waals surface area contributed by atoms with E-state index in [-0.39, 0.29) is 0 Å². The summed E-state index contributed by atoms with van der Waals surface area (Å²) < 4.78 is 17.5. The van der Waals surface area contributed by atoms with Gasteiger partial charge < -0.3 is 13.0 Å². The minimum atomic E-state index is -1.92. The highest BCUT2D eigenvalue weighted by Gasteiger charge is 2.36. The van der Waals surface area contributed by atoms with Crippen LogP contribution in [-0.2, 0) is 13.0 Å². The van der Waals surface area contributed by atoms with E-state index < -0.39 is 25.2 Å². The molecule has 0 aromatic heterocycles. The van der Waals surface area contributed by atoms with Gasteiger partial charge >= 0.3 is 8.56 Å². The summed E-state index contributed by atoms with van der Waals surface area (Å²) in [6.45, 7) is 13.6.